The van der Waals surface area contributed by atoms with Crippen LogP contribution in [-0.4, -0.2) is 17.1 Å². The Hall–Kier alpha value is -2.83. The molecule has 0 atom stereocenters. The average Bonchev–Trinajstić information content (AvgIpc) is 3.11. The maximum Gasteiger partial charge on any atom is 0.164 e. The number of rotatable bonds is 6. The molecule has 2 aromatic heterocycles. The molecule has 30 heavy (non-hydrogen) atoms. The number of aromatic amines is 1. The molecule has 2 aromatic carbocycles. The molecule has 0 saturated carbocycles. The van der Waals surface area contributed by atoms with E-state index in [1.807, 2.05) is 0 Å². The van der Waals surface area contributed by atoms with Gasteiger partial charge in [-0.2, -0.15) is 0 Å². The van der Waals surface area contributed by atoms with Crippen molar-refractivity contribution < 1.29 is 18.3 Å². The molecule has 0 amide bonds. The third-order valence-electron chi connectivity index (χ3n) is 4.70. The summed E-state index contributed by atoms with van der Waals surface area (Å²) in [5.74, 6) is -0.439. The number of benzene rings is 2. The highest BCUT2D eigenvalue weighted by Crippen LogP contribution is 2.33. The van der Waals surface area contributed by atoms with E-state index in [2.05, 4.69) is 9.97 Å². The summed E-state index contributed by atoms with van der Waals surface area (Å²) in [6, 6.07) is 8.87. The zero-order valence-corrected chi connectivity index (χ0v) is 17.3. The van der Waals surface area contributed by atoms with Gasteiger partial charge in [-0.15, -0.1) is 0 Å². The zero-order valence-electron chi connectivity index (χ0n) is 15.8. The van der Waals surface area contributed by atoms with Crippen LogP contribution in [0.2, 0.25) is 10.0 Å². The van der Waals surface area contributed by atoms with Gasteiger partial charge in [0, 0.05) is 40.9 Å². The van der Waals surface area contributed by atoms with Gasteiger partial charge >= 0.3 is 0 Å². The van der Waals surface area contributed by atoms with Gasteiger partial charge in [-0.3, -0.25) is 0 Å². The number of methoxy groups -OCH3 is 1. The lowest BCUT2D eigenvalue weighted by Crippen LogP contribution is -2.02. The van der Waals surface area contributed by atoms with E-state index >= 15 is 0 Å². The molecule has 4 nitrogen and oxygen atoms in total. The third kappa shape index (κ3) is 4.20. The van der Waals surface area contributed by atoms with Crippen molar-refractivity contribution in [1.29, 1.82) is 0 Å². The first-order valence-electron chi connectivity index (χ1n) is 8.99. The van der Waals surface area contributed by atoms with Crippen LogP contribution in [0.25, 0.3) is 11.0 Å². The van der Waals surface area contributed by atoms with Crippen molar-refractivity contribution in [2.45, 2.75) is 13.0 Å². The summed E-state index contributed by atoms with van der Waals surface area (Å²) >= 11 is 11.8. The first-order chi connectivity index (χ1) is 14.4. The SMILES string of the molecule is COc1cc(Cc2c[nH]c3ncc(Cl)cc23)c(F)cc1OCc1ccc(Cl)cc1F. The van der Waals surface area contributed by atoms with Crippen LogP contribution < -0.4 is 9.47 Å². The van der Waals surface area contributed by atoms with Gasteiger partial charge in [-0.25, -0.2) is 13.8 Å². The Kier molecular flexibility index (Phi) is 5.79. The molecule has 0 spiro atoms. The molecule has 2 heterocycles. The minimum atomic E-state index is -0.495. The van der Waals surface area contributed by atoms with Crippen molar-refractivity contribution in [3.05, 3.63) is 87.2 Å². The maximum atomic E-state index is 14.8. The van der Waals surface area contributed by atoms with Crippen molar-refractivity contribution in [2.75, 3.05) is 7.11 Å². The fourth-order valence-corrected chi connectivity index (χ4v) is 3.48. The van der Waals surface area contributed by atoms with Crippen LogP contribution in [-0.2, 0) is 13.0 Å². The number of aromatic nitrogens is 2. The quantitative estimate of drug-likeness (QED) is 0.375. The van der Waals surface area contributed by atoms with Crippen LogP contribution in [0.15, 0.2) is 48.8 Å². The molecule has 1 N–H and O–H groups in total. The number of H-pyrrole nitrogens is 1. The third-order valence-corrected chi connectivity index (χ3v) is 5.14. The lowest BCUT2D eigenvalue weighted by molar-refractivity contribution is 0.278. The van der Waals surface area contributed by atoms with Crippen molar-refractivity contribution in [2.24, 2.45) is 0 Å². The maximum absolute atomic E-state index is 14.8. The number of halogens is 4. The van der Waals surface area contributed by atoms with Crippen LogP contribution in [0.3, 0.4) is 0 Å². The predicted octanol–water partition coefficient (Wildman–Crippen LogP) is 6.33. The average molecular weight is 449 g/mol. The van der Waals surface area contributed by atoms with Gasteiger partial charge in [0.25, 0.3) is 0 Å². The second-order valence-electron chi connectivity index (χ2n) is 6.66. The second kappa shape index (κ2) is 8.50. The van der Waals surface area contributed by atoms with Crippen molar-refractivity contribution in [3.63, 3.8) is 0 Å². The van der Waals surface area contributed by atoms with Crippen molar-refractivity contribution in [3.8, 4) is 11.5 Å². The molecule has 4 rings (SSSR count). The highest BCUT2D eigenvalue weighted by Gasteiger charge is 2.15. The Balaban J connectivity index is 1.59. The first-order valence-corrected chi connectivity index (χ1v) is 9.75. The monoisotopic (exact) mass is 448 g/mol. The number of nitrogens with zero attached hydrogens (tertiary/aromatic N) is 1. The lowest BCUT2D eigenvalue weighted by atomic mass is 10.0. The normalized spacial score (nSPS) is 11.1. The van der Waals surface area contributed by atoms with Gasteiger partial charge in [0.15, 0.2) is 11.5 Å². The first kappa shape index (κ1) is 20.4. The van der Waals surface area contributed by atoms with Crippen LogP contribution in [0, 0.1) is 11.6 Å². The molecule has 0 unspecified atom stereocenters. The summed E-state index contributed by atoms with van der Waals surface area (Å²) in [5, 5.41) is 1.61. The number of hydrogen-bond donors (Lipinski definition) is 1. The molecule has 154 valence electrons. The van der Waals surface area contributed by atoms with Gasteiger partial charge in [-0.05, 0) is 35.4 Å². The van der Waals surface area contributed by atoms with Crippen LogP contribution in [0.1, 0.15) is 16.7 Å². The number of fused-ring (bicyclic) bond motifs is 1. The van der Waals surface area contributed by atoms with E-state index in [9.17, 15) is 8.78 Å². The lowest BCUT2D eigenvalue weighted by Gasteiger charge is -2.14. The highest BCUT2D eigenvalue weighted by molar-refractivity contribution is 6.31. The highest BCUT2D eigenvalue weighted by atomic mass is 35.5. The summed E-state index contributed by atoms with van der Waals surface area (Å²) < 4.78 is 39.7. The van der Waals surface area contributed by atoms with E-state index in [1.54, 1.807) is 30.6 Å². The van der Waals surface area contributed by atoms with Gasteiger partial charge in [0.1, 0.15) is 23.9 Å². The molecule has 0 radical (unpaired) electrons. The number of nitrogens with one attached hydrogen (secondary N) is 1. The molecule has 0 aliphatic carbocycles. The summed E-state index contributed by atoms with van der Waals surface area (Å²) in [6.07, 6.45) is 3.62. The van der Waals surface area contributed by atoms with Crippen LogP contribution in [0.5, 0.6) is 11.5 Å². The molecular weight excluding hydrogens is 433 g/mol. The number of hydrogen-bond acceptors (Lipinski definition) is 3. The van der Waals surface area contributed by atoms with Gasteiger partial charge < -0.3 is 14.5 Å². The minimum absolute atomic E-state index is 0.0925. The molecule has 4 aromatic rings. The van der Waals surface area contributed by atoms with E-state index in [-0.39, 0.29) is 17.4 Å². The van der Waals surface area contributed by atoms with E-state index < -0.39 is 11.6 Å². The Bertz CT molecular complexity index is 1230. The summed E-state index contributed by atoms with van der Waals surface area (Å²) in [6.45, 7) is -0.0925. The van der Waals surface area contributed by atoms with Crippen molar-refractivity contribution >= 4 is 34.2 Å². The molecule has 0 aliphatic heterocycles. The Morgan fingerprint density at radius 1 is 0.933 bits per heavy atom. The van der Waals surface area contributed by atoms with Crippen LogP contribution >= 0.6 is 23.2 Å². The summed E-state index contributed by atoms with van der Waals surface area (Å²) in [5.41, 5.74) is 2.23. The standard InChI is InChI=1S/C22H16Cl2F2N2O2/c1-29-20-5-13(4-14-9-27-22-17(14)6-16(24)10-28-22)19(26)8-21(20)30-11-12-2-3-15(23)7-18(12)25/h2-3,5-10H,4,11H2,1H3,(H,27,28). The topological polar surface area (TPSA) is 47.1 Å². The number of ether oxygens (including phenoxy) is 2. The fraction of sp³-hybridized carbons (Fsp3) is 0.136. The summed E-state index contributed by atoms with van der Waals surface area (Å²) in [4.78, 5) is 7.26. The van der Waals surface area contributed by atoms with Gasteiger partial charge in [0.2, 0.25) is 0 Å². The molecule has 0 bridgehead atoms. The largest absolute Gasteiger partial charge is 0.493 e. The van der Waals surface area contributed by atoms with E-state index in [0.29, 0.717) is 34.0 Å². The Morgan fingerprint density at radius 3 is 2.50 bits per heavy atom. The fourth-order valence-electron chi connectivity index (χ4n) is 3.16. The van der Waals surface area contributed by atoms with Gasteiger partial charge in [-0.1, -0.05) is 29.3 Å². The van der Waals surface area contributed by atoms with E-state index in [0.717, 1.165) is 10.9 Å². The van der Waals surface area contributed by atoms with Crippen molar-refractivity contribution in [1.82, 2.24) is 9.97 Å². The molecule has 0 aliphatic rings. The number of pyridine rings is 1. The summed E-state index contributed by atoms with van der Waals surface area (Å²) in [7, 11) is 1.46. The van der Waals surface area contributed by atoms with Gasteiger partial charge in [0.05, 0.1) is 12.1 Å². The molecule has 0 saturated heterocycles. The smallest absolute Gasteiger partial charge is 0.164 e. The molecular formula is C22H16Cl2F2N2O2. The zero-order chi connectivity index (χ0) is 21.3. The Labute approximate surface area is 181 Å². The van der Waals surface area contributed by atoms with E-state index in [4.69, 9.17) is 32.7 Å². The van der Waals surface area contributed by atoms with Crippen LogP contribution in [0.4, 0.5) is 8.78 Å². The molecule has 8 heteroatoms. The minimum Gasteiger partial charge on any atom is -0.493 e. The molecule has 0 fully saturated rings. The predicted molar refractivity (Wildman–Crippen MR) is 113 cm³/mol. The second-order valence-corrected chi connectivity index (χ2v) is 7.53. The Morgan fingerprint density at radius 2 is 1.73 bits per heavy atom. The van der Waals surface area contributed by atoms with E-state index in [1.165, 1.54) is 25.3 Å².